The Kier molecular flexibility index (Phi) is 5.51. The van der Waals surface area contributed by atoms with Crippen molar-refractivity contribution in [3.8, 4) is 0 Å². The fourth-order valence-corrected chi connectivity index (χ4v) is 3.16. The van der Waals surface area contributed by atoms with Crippen LogP contribution in [0, 0.1) is 12.8 Å². The molecular formula is C20H24N4O2. The van der Waals surface area contributed by atoms with E-state index in [0.29, 0.717) is 31.7 Å². The number of hydrogen-bond acceptors (Lipinski definition) is 3. The number of likely N-dealkylation sites (tertiary alicyclic amines) is 1. The Morgan fingerprint density at radius 3 is 2.50 bits per heavy atom. The summed E-state index contributed by atoms with van der Waals surface area (Å²) in [6.45, 7) is 3.09. The number of nitrogens with zero attached hydrogens (tertiary/aromatic N) is 3. The van der Waals surface area contributed by atoms with Gasteiger partial charge in [-0.2, -0.15) is 5.10 Å². The third-order valence-electron chi connectivity index (χ3n) is 4.65. The van der Waals surface area contributed by atoms with Gasteiger partial charge < -0.3 is 10.2 Å². The molecule has 0 spiro atoms. The molecule has 136 valence electrons. The van der Waals surface area contributed by atoms with Crippen LogP contribution in [0.5, 0.6) is 0 Å². The molecule has 3 rings (SSSR count). The number of hydrogen-bond donors (Lipinski definition) is 1. The first-order chi connectivity index (χ1) is 12.5. The van der Waals surface area contributed by atoms with Crippen LogP contribution < -0.4 is 5.32 Å². The second-order valence-corrected chi connectivity index (χ2v) is 6.63. The van der Waals surface area contributed by atoms with E-state index >= 15 is 0 Å². The maximum Gasteiger partial charge on any atom is 0.246 e. The van der Waals surface area contributed by atoms with Crippen LogP contribution in [0.15, 0.2) is 42.5 Å². The summed E-state index contributed by atoms with van der Waals surface area (Å²) < 4.78 is 1.67. The van der Waals surface area contributed by atoms with E-state index in [9.17, 15) is 9.59 Å². The van der Waals surface area contributed by atoms with Gasteiger partial charge in [0.2, 0.25) is 11.8 Å². The molecule has 1 fully saturated rings. The van der Waals surface area contributed by atoms with Crippen molar-refractivity contribution >= 4 is 23.7 Å². The zero-order valence-corrected chi connectivity index (χ0v) is 15.2. The quantitative estimate of drug-likeness (QED) is 0.860. The van der Waals surface area contributed by atoms with Crippen molar-refractivity contribution in [2.45, 2.75) is 19.8 Å². The smallest absolute Gasteiger partial charge is 0.246 e. The highest BCUT2D eigenvalue weighted by molar-refractivity contribution is 5.93. The van der Waals surface area contributed by atoms with Crippen molar-refractivity contribution in [2.24, 2.45) is 13.0 Å². The Labute approximate surface area is 153 Å². The molecular weight excluding hydrogens is 328 g/mol. The maximum absolute atomic E-state index is 12.4. The van der Waals surface area contributed by atoms with Crippen LogP contribution in [0.2, 0.25) is 0 Å². The average molecular weight is 352 g/mol. The topological polar surface area (TPSA) is 67.2 Å². The van der Waals surface area contributed by atoms with Crippen LogP contribution in [0.25, 0.3) is 6.08 Å². The minimum Gasteiger partial charge on any atom is -0.339 e. The largest absolute Gasteiger partial charge is 0.339 e. The number of rotatable bonds is 4. The van der Waals surface area contributed by atoms with Crippen molar-refractivity contribution in [1.82, 2.24) is 14.7 Å². The van der Waals surface area contributed by atoms with E-state index in [-0.39, 0.29) is 17.7 Å². The van der Waals surface area contributed by atoms with E-state index in [1.807, 2.05) is 56.4 Å². The number of benzene rings is 1. The lowest BCUT2D eigenvalue weighted by Crippen LogP contribution is -2.40. The van der Waals surface area contributed by atoms with Crippen LogP contribution >= 0.6 is 0 Å². The number of carbonyl (C=O) groups is 2. The van der Waals surface area contributed by atoms with Gasteiger partial charge in [0, 0.05) is 38.2 Å². The SMILES string of the molecule is Cc1cc(NC(=O)C2CCN(C(=O)/C=C/c3ccccc3)CC2)n(C)n1. The van der Waals surface area contributed by atoms with E-state index in [2.05, 4.69) is 10.4 Å². The molecule has 1 aliphatic heterocycles. The third-order valence-corrected chi connectivity index (χ3v) is 4.65. The van der Waals surface area contributed by atoms with Crippen LogP contribution in [0.3, 0.4) is 0 Å². The van der Waals surface area contributed by atoms with E-state index in [0.717, 1.165) is 11.3 Å². The van der Waals surface area contributed by atoms with Gasteiger partial charge in [0.1, 0.15) is 5.82 Å². The molecule has 26 heavy (non-hydrogen) atoms. The summed E-state index contributed by atoms with van der Waals surface area (Å²) in [6, 6.07) is 11.6. The lowest BCUT2D eigenvalue weighted by Gasteiger charge is -2.30. The van der Waals surface area contributed by atoms with Gasteiger partial charge in [-0.1, -0.05) is 30.3 Å². The number of aromatic nitrogens is 2. The molecule has 6 heteroatoms. The molecule has 2 heterocycles. The van der Waals surface area contributed by atoms with Crippen molar-refractivity contribution in [2.75, 3.05) is 18.4 Å². The molecule has 1 N–H and O–H groups in total. The monoisotopic (exact) mass is 352 g/mol. The number of nitrogens with one attached hydrogen (secondary N) is 1. The Balaban J connectivity index is 1.50. The molecule has 0 unspecified atom stereocenters. The Hall–Kier alpha value is -2.89. The molecule has 0 saturated carbocycles. The van der Waals surface area contributed by atoms with Gasteiger partial charge in [-0.05, 0) is 31.4 Å². The summed E-state index contributed by atoms with van der Waals surface area (Å²) in [4.78, 5) is 26.6. The van der Waals surface area contributed by atoms with Gasteiger partial charge in [-0.15, -0.1) is 0 Å². The fraction of sp³-hybridized carbons (Fsp3) is 0.350. The molecule has 2 amide bonds. The van der Waals surface area contributed by atoms with Gasteiger partial charge in [0.05, 0.1) is 5.69 Å². The summed E-state index contributed by atoms with van der Waals surface area (Å²) in [5.41, 5.74) is 1.87. The van der Waals surface area contributed by atoms with E-state index in [1.54, 1.807) is 15.7 Å². The highest BCUT2D eigenvalue weighted by Crippen LogP contribution is 2.20. The summed E-state index contributed by atoms with van der Waals surface area (Å²) in [5, 5.41) is 7.17. The molecule has 1 aromatic heterocycles. The van der Waals surface area contributed by atoms with Gasteiger partial charge in [0.15, 0.2) is 0 Å². The maximum atomic E-state index is 12.4. The lowest BCUT2D eigenvalue weighted by molar-refractivity contribution is -0.130. The Bertz CT molecular complexity index is 802. The van der Waals surface area contributed by atoms with Crippen LogP contribution in [-0.2, 0) is 16.6 Å². The molecule has 0 radical (unpaired) electrons. The first kappa shape index (κ1) is 17.9. The molecule has 0 aliphatic carbocycles. The zero-order chi connectivity index (χ0) is 18.5. The third kappa shape index (κ3) is 4.39. The highest BCUT2D eigenvalue weighted by Gasteiger charge is 2.27. The molecule has 2 aromatic rings. The van der Waals surface area contributed by atoms with E-state index in [1.165, 1.54) is 0 Å². The van der Waals surface area contributed by atoms with Crippen LogP contribution in [-0.4, -0.2) is 39.6 Å². The normalized spacial score (nSPS) is 15.4. The number of anilines is 1. The van der Waals surface area contributed by atoms with Gasteiger partial charge >= 0.3 is 0 Å². The number of piperidine rings is 1. The number of amides is 2. The molecule has 1 aliphatic rings. The summed E-state index contributed by atoms with van der Waals surface area (Å²) in [5.74, 6) is 0.624. The fourth-order valence-electron chi connectivity index (χ4n) is 3.16. The summed E-state index contributed by atoms with van der Waals surface area (Å²) >= 11 is 0. The first-order valence-electron chi connectivity index (χ1n) is 8.86. The van der Waals surface area contributed by atoms with Crippen molar-refractivity contribution in [3.05, 3.63) is 53.7 Å². The van der Waals surface area contributed by atoms with Gasteiger partial charge in [0.25, 0.3) is 0 Å². The average Bonchev–Trinajstić information content (AvgIpc) is 2.97. The molecule has 1 saturated heterocycles. The van der Waals surface area contributed by atoms with Crippen molar-refractivity contribution in [1.29, 1.82) is 0 Å². The van der Waals surface area contributed by atoms with Crippen molar-refractivity contribution < 1.29 is 9.59 Å². The summed E-state index contributed by atoms with van der Waals surface area (Å²) in [7, 11) is 1.81. The van der Waals surface area contributed by atoms with Crippen LogP contribution in [0.4, 0.5) is 5.82 Å². The van der Waals surface area contributed by atoms with Crippen LogP contribution in [0.1, 0.15) is 24.1 Å². The molecule has 6 nitrogen and oxygen atoms in total. The molecule has 0 bridgehead atoms. The number of aryl methyl sites for hydroxylation is 2. The standard InChI is InChI=1S/C20H24N4O2/c1-15-14-18(23(2)22-15)21-20(26)17-10-12-24(13-11-17)19(25)9-8-16-6-4-3-5-7-16/h3-9,14,17H,10-13H2,1-2H3,(H,21,26)/b9-8+. The highest BCUT2D eigenvalue weighted by atomic mass is 16.2. The molecule has 1 aromatic carbocycles. The van der Waals surface area contributed by atoms with Gasteiger partial charge in [-0.25, -0.2) is 0 Å². The zero-order valence-electron chi connectivity index (χ0n) is 15.2. The predicted molar refractivity (Wildman–Crippen MR) is 101 cm³/mol. The van der Waals surface area contributed by atoms with Crippen molar-refractivity contribution in [3.63, 3.8) is 0 Å². The minimum absolute atomic E-state index is 0.0000679. The molecule has 0 atom stereocenters. The van der Waals surface area contributed by atoms with Gasteiger partial charge in [-0.3, -0.25) is 14.3 Å². The second-order valence-electron chi connectivity index (χ2n) is 6.63. The first-order valence-corrected chi connectivity index (χ1v) is 8.86. The predicted octanol–water partition coefficient (Wildman–Crippen LogP) is 2.62. The van der Waals surface area contributed by atoms with E-state index in [4.69, 9.17) is 0 Å². The Morgan fingerprint density at radius 1 is 1.19 bits per heavy atom. The minimum atomic E-state index is -0.0765. The lowest BCUT2D eigenvalue weighted by atomic mass is 9.96. The van der Waals surface area contributed by atoms with E-state index < -0.39 is 0 Å². The second kappa shape index (κ2) is 7.99. The Morgan fingerprint density at radius 2 is 1.88 bits per heavy atom. The summed E-state index contributed by atoms with van der Waals surface area (Å²) in [6.07, 6.45) is 4.78. The number of carbonyl (C=O) groups excluding carboxylic acids is 2.